The van der Waals surface area contributed by atoms with Crippen LogP contribution in [0.5, 0.6) is 0 Å². The minimum absolute atomic E-state index is 0.0300. The molecule has 0 spiro atoms. The van der Waals surface area contributed by atoms with Gasteiger partial charge in [0, 0.05) is 17.1 Å². The maximum absolute atomic E-state index is 11.7. The molecule has 1 fully saturated rings. The molecule has 1 N–H and O–H groups in total. The van der Waals surface area contributed by atoms with E-state index in [4.69, 9.17) is 16.3 Å². The largest absolute Gasteiger partial charge is 0.466 e. The lowest BCUT2D eigenvalue weighted by Gasteiger charge is -2.28. The van der Waals surface area contributed by atoms with Gasteiger partial charge >= 0.3 is 5.97 Å². The molecule has 0 unspecified atom stereocenters. The van der Waals surface area contributed by atoms with Gasteiger partial charge in [-0.1, -0.05) is 17.7 Å². The van der Waals surface area contributed by atoms with Crippen LogP contribution in [0.1, 0.15) is 38.2 Å². The third-order valence-electron chi connectivity index (χ3n) is 3.93. The van der Waals surface area contributed by atoms with Crippen LogP contribution in [-0.2, 0) is 16.1 Å². The number of esters is 1. The van der Waals surface area contributed by atoms with Crippen LogP contribution in [0.25, 0.3) is 0 Å². The van der Waals surface area contributed by atoms with Crippen molar-refractivity contribution >= 4 is 33.5 Å². The van der Waals surface area contributed by atoms with Gasteiger partial charge < -0.3 is 10.1 Å². The van der Waals surface area contributed by atoms with Crippen molar-refractivity contribution in [2.24, 2.45) is 5.92 Å². The van der Waals surface area contributed by atoms with Gasteiger partial charge in [-0.3, -0.25) is 4.79 Å². The van der Waals surface area contributed by atoms with E-state index in [0.29, 0.717) is 12.6 Å². The number of hydrogen-bond acceptors (Lipinski definition) is 3. The summed E-state index contributed by atoms with van der Waals surface area (Å²) < 4.78 is 6.02. The van der Waals surface area contributed by atoms with Crippen molar-refractivity contribution < 1.29 is 9.53 Å². The zero-order valence-electron chi connectivity index (χ0n) is 12.2. The normalized spacial score (nSPS) is 22.0. The molecule has 0 radical (unpaired) electrons. The number of rotatable bonds is 5. The minimum atomic E-state index is -0.0300. The van der Waals surface area contributed by atoms with E-state index in [1.54, 1.807) is 0 Å². The molecule has 116 valence electrons. The van der Waals surface area contributed by atoms with Crippen molar-refractivity contribution in [3.8, 4) is 0 Å². The third kappa shape index (κ3) is 4.97. The molecule has 1 aromatic carbocycles. The number of carbonyl (C=O) groups is 1. The monoisotopic (exact) mass is 373 g/mol. The van der Waals surface area contributed by atoms with E-state index in [-0.39, 0.29) is 11.9 Å². The van der Waals surface area contributed by atoms with E-state index in [1.165, 1.54) is 5.56 Å². The summed E-state index contributed by atoms with van der Waals surface area (Å²) in [4.78, 5) is 11.7. The molecular weight excluding hydrogens is 354 g/mol. The van der Waals surface area contributed by atoms with Gasteiger partial charge in [-0.05, 0) is 66.2 Å². The van der Waals surface area contributed by atoms with Crippen LogP contribution in [0.2, 0.25) is 5.02 Å². The molecule has 0 atom stereocenters. The Morgan fingerprint density at radius 1 is 1.38 bits per heavy atom. The van der Waals surface area contributed by atoms with E-state index in [9.17, 15) is 4.79 Å². The Kier molecular flexibility index (Phi) is 6.52. The number of ether oxygens (including phenoxy) is 1. The second-order valence-electron chi connectivity index (χ2n) is 5.43. The highest BCUT2D eigenvalue weighted by Crippen LogP contribution is 2.26. The van der Waals surface area contributed by atoms with Crippen molar-refractivity contribution in [2.75, 3.05) is 6.61 Å². The first-order chi connectivity index (χ1) is 10.1. The predicted octanol–water partition coefficient (Wildman–Crippen LogP) is 4.31. The second-order valence-corrected chi connectivity index (χ2v) is 6.69. The molecule has 0 amide bonds. The van der Waals surface area contributed by atoms with Crippen molar-refractivity contribution in [1.29, 1.82) is 0 Å². The Morgan fingerprint density at radius 3 is 2.71 bits per heavy atom. The van der Waals surface area contributed by atoms with Crippen LogP contribution in [0.4, 0.5) is 0 Å². The molecule has 5 heteroatoms. The van der Waals surface area contributed by atoms with Crippen LogP contribution in [0, 0.1) is 5.92 Å². The first-order valence-electron chi connectivity index (χ1n) is 7.44. The number of nitrogens with one attached hydrogen (secondary N) is 1. The number of halogens is 2. The molecule has 1 aromatic rings. The van der Waals surface area contributed by atoms with Gasteiger partial charge in [-0.25, -0.2) is 0 Å². The van der Waals surface area contributed by atoms with Crippen molar-refractivity contribution in [2.45, 2.75) is 45.2 Å². The van der Waals surface area contributed by atoms with Crippen LogP contribution < -0.4 is 5.32 Å². The number of hydrogen-bond donors (Lipinski definition) is 1. The molecule has 0 bridgehead atoms. The molecule has 0 heterocycles. The Hall–Kier alpha value is -0.580. The molecule has 1 aliphatic rings. The molecule has 0 aromatic heterocycles. The summed E-state index contributed by atoms with van der Waals surface area (Å²) >= 11 is 9.43. The SMILES string of the molecule is CCOC(=O)C1CCC(NCc2ccc(Cl)c(Br)c2)CC1. The first-order valence-corrected chi connectivity index (χ1v) is 8.61. The molecule has 0 aliphatic heterocycles. The van der Waals surface area contributed by atoms with Crippen LogP contribution in [0.3, 0.4) is 0 Å². The summed E-state index contributed by atoms with van der Waals surface area (Å²) in [6, 6.07) is 6.45. The van der Waals surface area contributed by atoms with E-state index >= 15 is 0 Å². The molecule has 1 aliphatic carbocycles. The van der Waals surface area contributed by atoms with Crippen LogP contribution >= 0.6 is 27.5 Å². The summed E-state index contributed by atoms with van der Waals surface area (Å²) in [5.41, 5.74) is 1.21. The molecule has 1 saturated carbocycles. The summed E-state index contributed by atoms with van der Waals surface area (Å²) in [5, 5.41) is 4.29. The summed E-state index contributed by atoms with van der Waals surface area (Å²) in [6.07, 6.45) is 3.89. The van der Waals surface area contributed by atoms with Gasteiger partial charge in [0.15, 0.2) is 0 Å². The summed E-state index contributed by atoms with van der Waals surface area (Å²) in [6.45, 7) is 3.16. The maximum Gasteiger partial charge on any atom is 0.308 e. The van der Waals surface area contributed by atoms with Crippen molar-refractivity contribution in [3.05, 3.63) is 33.3 Å². The van der Waals surface area contributed by atoms with Gasteiger partial charge in [0.05, 0.1) is 17.5 Å². The highest BCUT2D eigenvalue weighted by atomic mass is 79.9. The Morgan fingerprint density at radius 2 is 2.10 bits per heavy atom. The lowest BCUT2D eigenvalue weighted by Crippen LogP contribution is -2.35. The lowest BCUT2D eigenvalue weighted by atomic mass is 9.86. The van der Waals surface area contributed by atoms with Crippen LogP contribution in [-0.4, -0.2) is 18.6 Å². The lowest BCUT2D eigenvalue weighted by molar-refractivity contribution is -0.149. The number of benzene rings is 1. The average molecular weight is 375 g/mol. The van der Waals surface area contributed by atoms with E-state index in [0.717, 1.165) is 41.7 Å². The maximum atomic E-state index is 11.7. The number of carbonyl (C=O) groups excluding carboxylic acids is 1. The third-order valence-corrected chi connectivity index (χ3v) is 5.14. The quantitative estimate of drug-likeness (QED) is 0.780. The Labute approximate surface area is 139 Å². The summed E-state index contributed by atoms with van der Waals surface area (Å²) in [7, 11) is 0. The first kappa shape index (κ1) is 16.8. The van der Waals surface area contributed by atoms with Gasteiger partial charge in [0.1, 0.15) is 0 Å². The minimum Gasteiger partial charge on any atom is -0.466 e. The van der Waals surface area contributed by atoms with Gasteiger partial charge in [0.2, 0.25) is 0 Å². The van der Waals surface area contributed by atoms with Gasteiger partial charge in [-0.2, -0.15) is 0 Å². The molecule has 2 rings (SSSR count). The molecular formula is C16H21BrClNO2. The smallest absolute Gasteiger partial charge is 0.308 e. The van der Waals surface area contributed by atoms with E-state index < -0.39 is 0 Å². The Bertz CT molecular complexity index is 487. The van der Waals surface area contributed by atoms with Crippen molar-refractivity contribution in [3.63, 3.8) is 0 Å². The Balaban J connectivity index is 1.76. The highest BCUT2D eigenvalue weighted by Gasteiger charge is 2.26. The van der Waals surface area contributed by atoms with E-state index in [1.807, 2.05) is 25.1 Å². The topological polar surface area (TPSA) is 38.3 Å². The fourth-order valence-electron chi connectivity index (χ4n) is 2.71. The zero-order valence-corrected chi connectivity index (χ0v) is 14.5. The summed E-state index contributed by atoms with van der Waals surface area (Å²) in [5.74, 6) is 0.0604. The van der Waals surface area contributed by atoms with Crippen LogP contribution in [0.15, 0.2) is 22.7 Å². The van der Waals surface area contributed by atoms with Gasteiger partial charge in [-0.15, -0.1) is 0 Å². The molecule has 3 nitrogen and oxygen atoms in total. The fraction of sp³-hybridized carbons (Fsp3) is 0.562. The van der Waals surface area contributed by atoms with Gasteiger partial charge in [0.25, 0.3) is 0 Å². The molecule has 21 heavy (non-hydrogen) atoms. The second kappa shape index (κ2) is 8.16. The molecule has 0 saturated heterocycles. The standard InChI is InChI=1S/C16H21BrClNO2/c1-2-21-16(20)12-4-6-13(7-5-12)19-10-11-3-8-15(18)14(17)9-11/h3,8-9,12-13,19H,2,4-7,10H2,1H3. The zero-order chi connectivity index (χ0) is 15.2. The van der Waals surface area contributed by atoms with E-state index in [2.05, 4.69) is 21.2 Å². The average Bonchev–Trinajstić information content (AvgIpc) is 2.49. The predicted molar refractivity (Wildman–Crippen MR) is 88.4 cm³/mol. The van der Waals surface area contributed by atoms with Crippen molar-refractivity contribution in [1.82, 2.24) is 5.32 Å². The highest BCUT2D eigenvalue weighted by molar-refractivity contribution is 9.10. The fourth-order valence-corrected chi connectivity index (χ4v) is 3.25.